The molecule has 0 fully saturated rings. The van der Waals surface area contributed by atoms with Gasteiger partial charge in [-0.25, -0.2) is 0 Å². The number of carbonyl (C=O) groups is 2. The van der Waals surface area contributed by atoms with E-state index >= 15 is 0 Å². The molecule has 0 unspecified atom stereocenters. The summed E-state index contributed by atoms with van der Waals surface area (Å²) in [6, 6.07) is 0. The third kappa shape index (κ3) is 49.7. The summed E-state index contributed by atoms with van der Waals surface area (Å²) >= 11 is 0. The van der Waals surface area contributed by atoms with Crippen LogP contribution < -0.4 is 10.2 Å². The predicted molar refractivity (Wildman–Crippen MR) is 175 cm³/mol. The SMILES string of the molecule is CCCCCCCCCCCCCCCCCC(=O)[O-].CCCCCCCCCCCCCCCCCC(=O)[O-].[Sn+4]. The number of hydrogen-bond donors (Lipinski definition) is 0. The average Bonchev–Trinajstić information content (AvgIpc) is 2.93. The summed E-state index contributed by atoms with van der Waals surface area (Å²) in [6.07, 6.45) is 39.7. The molecule has 0 aromatic rings. The molecule has 0 spiro atoms. The van der Waals surface area contributed by atoms with Gasteiger partial charge in [-0.1, -0.05) is 194 Å². The molecule has 41 heavy (non-hydrogen) atoms. The maximum Gasteiger partial charge on any atom is 4.00 e. The third-order valence-corrected chi connectivity index (χ3v) is 7.97. The largest absolute Gasteiger partial charge is 4.00 e. The van der Waals surface area contributed by atoms with Crippen LogP contribution in [0.25, 0.3) is 0 Å². The molecule has 5 heteroatoms. The van der Waals surface area contributed by atoms with Gasteiger partial charge in [0.25, 0.3) is 0 Å². The van der Waals surface area contributed by atoms with Crippen molar-refractivity contribution < 1.29 is 19.8 Å². The van der Waals surface area contributed by atoms with Crippen molar-refractivity contribution in [1.82, 2.24) is 0 Å². The Kier molecular flexibility index (Phi) is 46.1. The maximum absolute atomic E-state index is 10.2. The Hall–Kier alpha value is -0.261. The molecule has 0 atom stereocenters. The smallest absolute Gasteiger partial charge is 0.550 e. The van der Waals surface area contributed by atoms with Crippen LogP contribution in [0.4, 0.5) is 0 Å². The molecule has 0 bridgehead atoms. The summed E-state index contributed by atoms with van der Waals surface area (Å²) in [5.41, 5.74) is 0. The van der Waals surface area contributed by atoms with E-state index < -0.39 is 11.9 Å². The van der Waals surface area contributed by atoms with Crippen molar-refractivity contribution in [3.63, 3.8) is 0 Å². The molecule has 0 rings (SSSR count). The van der Waals surface area contributed by atoms with E-state index in [2.05, 4.69) is 13.8 Å². The summed E-state index contributed by atoms with van der Waals surface area (Å²) in [7, 11) is 0. The second-order valence-electron chi connectivity index (χ2n) is 12.1. The first kappa shape index (κ1) is 45.2. The van der Waals surface area contributed by atoms with E-state index in [0.717, 1.165) is 25.7 Å². The average molecular weight is 686 g/mol. The van der Waals surface area contributed by atoms with Crippen molar-refractivity contribution in [2.24, 2.45) is 0 Å². The van der Waals surface area contributed by atoms with Gasteiger partial charge in [-0.2, -0.15) is 0 Å². The maximum atomic E-state index is 10.2. The van der Waals surface area contributed by atoms with Crippen LogP contribution in [0, 0.1) is 0 Å². The van der Waals surface area contributed by atoms with E-state index in [0.29, 0.717) is 0 Å². The molecular weight excluding hydrogens is 615 g/mol. The van der Waals surface area contributed by atoms with Gasteiger partial charge in [0.1, 0.15) is 0 Å². The molecule has 0 N–H and O–H groups in total. The zero-order valence-electron chi connectivity index (χ0n) is 27.8. The van der Waals surface area contributed by atoms with Gasteiger partial charge in [0.15, 0.2) is 0 Å². The van der Waals surface area contributed by atoms with Crippen molar-refractivity contribution in [2.75, 3.05) is 0 Å². The van der Waals surface area contributed by atoms with E-state index in [4.69, 9.17) is 0 Å². The van der Waals surface area contributed by atoms with Gasteiger partial charge in [0.05, 0.1) is 0 Å². The Balaban J connectivity index is -0.000000688. The summed E-state index contributed by atoms with van der Waals surface area (Å²) in [5, 5.41) is 20.4. The van der Waals surface area contributed by atoms with Gasteiger partial charge in [0, 0.05) is 11.9 Å². The fourth-order valence-electron chi connectivity index (χ4n) is 5.28. The molecule has 0 aromatic carbocycles. The number of carbonyl (C=O) groups excluding carboxylic acids is 2. The molecule has 0 heterocycles. The van der Waals surface area contributed by atoms with Crippen molar-refractivity contribution in [3.8, 4) is 0 Å². The Morgan fingerprint density at radius 1 is 0.317 bits per heavy atom. The van der Waals surface area contributed by atoms with Crippen LogP contribution >= 0.6 is 0 Å². The first-order chi connectivity index (χ1) is 19.5. The monoisotopic (exact) mass is 686 g/mol. The second kappa shape index (κ2) is 41.9. The van der Waals surface area contributed by atoms with Crippen molar-refractivity contribution in [1.29, 1.82) is 0 Å². The van der Waals surface area contributed by atoms with Crippen LogP contribution in [0.2, 0.25) is 0 Å². The van der Waals surface area contributed by atoms with Crippen LogP contribution in [0.1, 0.15) is 219 Å². The van der Waals surface area contributed by atoms with E-state index in [1.807, 2.05) is 0 Å². The predicted octanol–water partition coefficient (Wildman–Crippen LogP) is 9.61. The Labute approximate surface area is 274 Å². The quantitative estimate of drug-likeness (QED) is 0.0522. The third-order valence-electron chi connectivity index (χ3n) is 7.97. The van der Waals surface area contributed by atoms with E-state index in [1.165, 1.54) is 167 Å². The molecule has 0 radical (unpaired) electrons. The molecular formula is C36H70O4Sn+2. The van der Waals surface area contributed by atoms with E-state index in [1.54, 1.807) is 0 Å². The Morgan fingerprint density at radius 2 is 0.463 bits per heavy atom. The zero-order valence-corrected chi connectivity index (χ0v) is 30.6. The molecule has 0 saturated carbocycles. The first-order valence-corrected chi connectivity index (χ1v) is 17.9. The van der Waals surface area contributed by atoms with Crippen LogP contribution in [0.15, 0.2) is 0 Å². The Morgan fingerprint density at radius 3 is 0.610 bits per heavy atom. The fraction of sp³-hybridized carbons (Fsp3) is 0.944. The molecule has 0 aliphatic heterocycles. The van der Waals surface area contributed by atoms with Crippen molar-refractivity contribution in [2.45, 2.75) is 219 Å². The number of hydrogen-bond acceptors (Lipinski definition) is 4. The molecule has 0 aliphatic rings. The minimum atomic E-state index is -0.903. The van der Waals surface area contributed by atoms with Gasteiger partial charge in [-0.3, -0.25) is 0 Å². The van der Waals surface area contributed by atoms with Gasteiger partial charge in [-0.15, -0.1) is 0 Å². The molecule has 240 valence electrons. The van der Waals surface area contributed by atoms with E-state index in [-0.39, 0.29) is 36.7 Å². The minimum Gasteiger partial charge on any atom is -0.550 e. The minimum absolute atomic E-state index is 0. The van der Waals surface area contributed by atoms with Crippen molar-refractivity contribution in [3.05, 3.63) is 0 Å². The van der Waals surface area contributed by atoms with Crippen LogP contribution in [0.3, 0.4) is 0 Å². The van der Waals surface area contributed by atoms with Crippen LogP contribution in [-0.2, 0) is 9.59 Å². The molecule has 0 aliphatic carbocycles. The summed E-state index contributed by atoms with van der Waals surface area (Å²) in [4.78, 5) is 20.4. The molecule has 0 saturated heterocycles. The molecule has 0 amide bonds. The molecule has 0 aromatic heterocycles. The molecule has 4 nitrogen and oxygen atoms in total. The van der Waals surface area contributed by atoms with Gasteiger partial charge < -0.3 is 19.8 Å². The number of unbranched alkanes of at least 4 members (excludes halogenated alkanes) is 28. The van der Waals surface area contributed by atoms with Gasteiger partial charge in [0.2, 0.25) is 0 Å². The zero-order chi connectivity index (χ0) is 29.8. The summed E-state index contributed by atoms with van der Waals surface area (Å²) in [6.45, 7) is 4.53. The number of rotatable bonds is 32. The number of aliphatic carboxylic acids is 2. The summed E-state index contributed by atoms with van der Waals surface area (Å²) in [5.74, 6) is -1.81. The van der Waals surface area contributed by atoms with Crippen LogP contribution in [0.5, 0.6) is 0 Å². The topological polar surface area (TPSA) is 80.3 Å². The number of carboxylic acids is 2. The number of carboxylic acid groups (broad SMARTS) is 2. The van der Waals surface area contributed by atoms with Crippen molar-refractivity contribution >= 4 is 35.8 Å². The fourth-order valence-corrected chi connectivity index (χ4v) is 5.28. The Bertz CT molecular complexity index is 454. The van der Waals surface area contributed by atoms with Gasteiger partial charge >= 0.3 is 23.9 Å². The van der Waals surface area contributed by atoms with Gasteiger partial charge in [-0.05, 0) is 25.7 Å². The summed E-state index contributed by atoms with van der Waals surface area (Å²) < 4.78 is 0. The normalized spacial score (nSPS) is 10.6. The standard InChI is InChI=1S/2C18H36O2.Sn/c2*1-2-3-4-5-6-7-8-9-10-11-12-13-14-15-16-17-18(19)20;/h2*2-17H2,1H3,(H,19,20);/q;;+4/p-2. The second-order valence-corrected chi connectivity index (χ2v) is 12.1. The first-order valence-electron chi connectivity index (χ1n) is 17.9. The van der Waals surface area contributed by atoms with E-state index in [9.17, 15) is 19.8 Å². The van der Waals surface area contributed by atoms with Crippen LogP contribution in [-0.4, -0.2) is 35.8 Å².